The van der Waals surface area contributed by atoms with E-state index in [2.05, 4.69) is 21.2 Å². The zero-order chi connectivity index (χ0) is 12.1. The molecular formula is C13H19N4O. The molecule has 18 heavy (non-hydrogen) atoms. The van der Waals surface area contributed by atoms with Crippen LogP contribution in [0, 0.1) is 6.54 Å². The van der Waals surface area contributed by atoms with Crippen LogP contribution in [0.25, 0.3) is 0 Å². The Morgan fingerprint density at radius 3 is 2.89 bits per heavy atom. The second-order valence-corrected chi connectivity index (χ2v) is 5.48. The molecule has 0 aromatic carbocycles. The fourth-order valence-corrected chi connectivity index (χ4v) is 3.28. The SMILES string of the molecule is NC1=CN[CH]C=C1N1CCN(C2COC2)C2CC21. The van der Waals surface area contributed by atoms with Crippen molar-refractivity contribution in [1.29, 1.82) is 0 Å². The Morgan fingerprint density at radius 2 is 2.17 bits per heavy atom. The number of piperazine rings is 1. The fraction of sp³-hybridized carbons (Fsp3) is 0.615. The van der Waals surface area contributed by atoms with Crippen molar-refractivity contribution in [1.82, 2.24) is 15.1 Å². The second-order valence-electron chi connectivity index (χ2n) is 5.48. The summed E-state index contributed by atoms with van der Waals surface area (Å²) >= 11 is 0. The minimum atomic E-state index is 0.657. The maximum absolute atomic E-state index is 6.06. The zero-order valence-corrected chi connectivity index (χ0v) is 10.4. The van der Waals surface area contributed by atoms with Crippen LogP contribution in [-0.4, -0.2) is 54.2 Å². The molecule has 3 heterocycles. The summed E-state index contributed by atoms with van der Waals surface area (Å²) in [6.07, 6.45) is 5.24. The van der Waals surface area contributed by atoms with Crippen molar-refractivity contribution >= 4 is 0 Å². The normalized spacial score (nSPS) is 36.1. The van der Waals surface area contributed by atoms with Gasteiger partial charge < -0.3 is 20.7 Å². The summed E-state index contributed by atoms with van der Waals surface area (Å²) in [4.78, 5) is 5.11. The Balaban J connectivity index is 1.47. The van der Waals surface area contributed by atoms with Gasteiger partial charge in [-0.2, -0.15) is 0 Å². The Hall–Kier alpha value is -1.20. The summed E-state index contributed by atoms with van der Waals surface area (Å²) in [6.45, 7) is 6.01. The first kappa shape index (κ1) is 10.7. The Morgan fingerprint density at radius 1 is 1.28 bits per heavy atom. The lowest BCUT2D eigenvalue weighted by molar-refractivity contribution is -0.0776. The predicted octanol–water partition coefficient (Wildman–Crippen LogP) is -0.407. The predicted molar refractivity (Wildman–Crippen MR) is 68.0 cm³/mol. The van der Waals surface area contributed by atoms with Gasteiger partial charge in [-0.15, -0.1) is 0 Å². The maximum Gasteiger partial charge on any atom is 0.0709 e. The van der Waals surface area contributed by atoms with E-state index in [1.54, 1.807) is 0 Å². The van der Waals surface area contributed by atoms with Crippen LogP contribution in [0.5, 0.6) is 0 Å². The van der Waals surface area contributed by atoms with Crippen LogP contribution in [0.15, 0.2) is 23.7 Å². The molecule has 0 aromatic rings. The average Bonchev–Trinajstić information content (AvgIpc) is 3.08. The summed E-state index contributed by atoms with van der Waals surface area (Å²) in [6, 6.07) is 2.05. The van der Waals surface area contributed by atoms with Crippen LogP contribution in [0.2, 0.25) is 0 Å². The van der Waals surface area contributed by atoms with Crippen molar-refractivity contribution in [3.63, 3.8) is 0 Å². The van der Waals surface area contributed by atoms with Crippen LogP contribution in [0.1, 0.15) is 6.42 Å². The molecule has 0 amide bonds. The van der Waals surface area contributed by atoms with E-state index in [0.717, 1.165) is 38.0 Å². The van der Waals surface area contributed by atoms with Gasteiger partial charge in [0.25, 0.3) is 0 Å². The highest BCUT2D eigenvalue weighted by Crippen LogP contribution is 2.41. The first-order valence-electron chi connectivity index (χ1n) is 6.70. The first-order valence-corrected chi connectivity index (χ1v) is 6.70. The second kappa shape index (κ2) is 3.90. The molecule has 4 rings (SSSR count). The van der Waals surface area contributed by atoms with Crippen molar-refractivity contribution in [2.45, 2.75) is 24.5 Å². The van der Waals surface area contributed by atoms with Crippen molar-refractivity contribution in [3.8, 4) is 0 Å². The molecule has 2 unspecified atom stereocenters. The van der Waals surface area contributed by atoms with Gasteiger partial charge in [0, 0.05) is 31.4 Å². The van der Waals surface area contributed by atoms with E-state index in [-0.39, 0.29) is 0 Å². The lowest BCUT2D eigenvalue weighted by atomic mass is 10.1. The third-order valence-electron chi connectivity index (χ3n) is 4.42. The molecule has 4 aliphatic rings. The van der Waals surface area contributed by atoms with E-state index >= 15 is 0 Å². The van der Waals surface area contributed by atoms with Gasteiger partial charge in [-0.05, 0) is 12.5 Å². The fourth-order valence-electron chi connectivity index (χ4n) is 3.28. The minimum absolute atomic E-state index is 0.657. The van der Waals surface area contributed by atoms with Gasteiger partial charge in [0.15, 0.2) is 0 Å². The highest BCUT2D eigenvalue weighted by Gasteiger charge is 2.52. The van der Waals surface area contributed by atoms with Gasteiger partial charge in [-0.3, -0.25) is 4.90 Å². The summed E-state index contributed by atoms with van der Waals surface area (Å²) < 4.78 is 5.31. The summed E-state index contributed by atoms with van der Waals surface area (Å²) in [5, 5.41) is 3.04. The molecule has 3 fully saturated rings. The number of ether oxygens (including phenoxy) is 1. The van der Waals surface area contributed by atoms with Crippen molar-refractivity contribution in [3.05, 3.63) is 30.2 Å². The van der Waals surface area contributed by atoms with Crippen molar-refractivity contribution in [2.75, 3.05) is 26.3 Å². The first-order chi connectivity index (χ1) is 8.84. The highest BCUT2D eigenvalue weighted by atomic mass is 16.5. The molecule has 2 atom stereocenters. The van der Waals surface area contributed by atoms with E-state index in [1.807, 2.05) is 12.7 Å². The van der Waals surface area contributed by atoms with Gasteiger partial charge in [-0.1, -0.05) is 0 Å². The van der Waals surface area contributed by atoms with Gasteiger partial charge in [0.05, 0.1) is 37.2 Å². The molecule has 0 spiro atoms. The van der Waals surface area contributed by atoms with Crippen LogP contribution >= 0.6 is 0 Å². The van der Waals surface area contributed by atoms with Crippen LogP contribution in [0.3, 0.4) is 0 Å². The summed E-state index contributed by atoms with van der Waals surface area (Å²) in [5.74, 6) is 0. The number of nitrogens with zero attached hydrogens (tertiary/aromatic N) is 2. The number of hydrogen-bond donors (Lipinski definition) is 2. The minimum Gasteiger partial charge on any atom is -0.396 e. The molecule has 0 bridgehead atoms. The molecule has 1 aliphatic carbocycles. The molecule has 97 valence electrons. The molecule has 3 aliphatic heterocycles. The van der Waals surface area contributed by atoms with E-state index in [4.69, 9.17) is 10.5 Å². The Bertz CT molecular complexity index is 415. The Kier molecular flexibility index (Phi) is 2.32. The van der Waals surface area contributed by atoms with Crippen LogP contribution in [0.4, 0.5) is 0 Å². The average molecular weight is 247 g/mol. The maximum atomic E-state index is 6.06. The molecule has 5 heteroatoms. The van der Waals surface area contributed by atoms with Crippen LogP contribution < -0.4 is 11.1 Å². The van der Waals surface area contributed by atoms with Crippen LogP contribution in [-0.2, 0) is 4.74 Å². The third kappa shape index (κ3) is 1.54. The number of fused-ring (bicyclic) bond motifs is 1. The molecule has 0 aromatic heterocycles. The lowest BCUT2D eigenvalue weighted by Crippen LogP contribution is -2.56. The van der Waals surface area contributed by atoms with Gasteiger partial charge in [0.2, 0.25) is 0 Å². The standard InChI is InChI=1S/C13H19N4O/c14-10-6-15-2-1-11(10)17-4-3-16(9-7-18-8-9)12-5-13(12)17/h1-2,6,9,12-13,15H,3-5,7-8,14H2. The van der Waals surface area contributed by atoms with E-state index in [1.165, 1.54) is 12.1 Å². The molecule has 1 saturated carbocycles. The van der Waals surface area contributed by atoms with E-state index in [9.17, 15) is 0 Å². The molecule has 5 nitrogen and oxygen atoms in total. The number of rotatable bonds is 2. The molecular weight excluding hydrogens is 228 g/mol. The highest BCUT2D eigenvalue weighted by molar-refractivity contribution is 5.35. The number of dihydropyridines is 1. The quantitative estimate of drug-likeness (QED) is 0.695. The topological polar surface area (TPSA) is 53.8 Å². The Labute approximate surface area is 107 Å². The summed E-state index contributed by atoms with van der Waals surface area (Å²) in [7, 11) is 0. The van der Waals surface area contributed by atoms with Gasteiger partial charge in [0.1, 0.15) is 0 Å². The third-order valence-corrected chi connectivity index (χ3v) is 4.42. The summed E-state index contributed by atoms with van der Waals surface area (Å²) in [5.41, 5.74) is 8.09. The molecule has 1 radical (unpaired) electrons. The van der Waals surface area contributed by atoms with E-state index in [0.29, 0.717) is 12.1 Å². The zero-order valence-electron chi connectivity index (χ0n) is 10.4. The number of nitrogens with two attached hydrogens (primary N) is 1. The van der Waals surface area contributed by atoms with E-state index < -0.39 is 0 Å². The van der Waals surface area contributed by atoms with Gasteiger partial charge >= 0.3 is 0 Å². The number of nitrogens with one attached hydrogen (secondary N) is 1. The smallest absolute Gasteiger partial charge is 0.0709 e. The van der Waals surface area contributed by atoms with Crippen molar-refractivity contribution < 1.29 is 4.74 Å². The number of hydrogen-bond acceptors (Lipinski definition) is 5. The molecule has 2 saturated heterocycles. The monoisotopic (exact) mass is 247 g/mol. The van der Waals surface area contributed by atoms with Gasteiger partial charge in [-0.25, -0.2) is 0 Å². The van der Waals surface area contributed by atoms with Crippen molar-refractivity contribution in [2.24, 2.45) is 5.73 Å². The lowest BCUT2D eigenvalue weighted by Gasteiger charge is -2.43. The largest absolute Gasteiger partial charge is 0.396 e. The molecule has 3 N–H and O–H groups in total.